The van der Waals surface area contributed by atoms with Gasteiger partial charge in [-0.25, -0.2) is 12.7 Å². The summed E-state index contributed by atoms with van der Waals surface area (Å²) in [5.41, 5.74) is 1.31. The summed E-state index contributed by atoms with van der Waals surface area (Å²) in [5.74, 6) is 2.50. The molecule has 0 radical (unpaired) electrons. The summed E-state index contributed by atoms with van der Waals surface area (Å²) in [6.07, 6.45) is 0.966. The van der Waals surface area contributed by atoms with Gasteiger partial charge in [-0.2, -0.15) is 11.8 Å². The van der Waals surface area contributed by atoms with Gasteiger partial charge < -0.3 is 10.6 Å². The standard InChI is InChI=1S/C20H35N5O2S2.HI/c1-18(24(3)17-19-7-5-4-6-8-19)9-10-22-20(21-2)23-11-16-29(26,27)25-12-14-28-15-13-25;/h4-8,18H,9-17H2,1-3H3,(H2,21,22,23);1H. The molecule has 1 heterocycles. The van der Waals surface area contributed by atoms with Crippen LogP contribution in [0.4, 0.5) is 0 Å². The van der Waals surface area contributed by atoms with Crippen molar-refractivity contribution in [1.29, 1.82) is 0 Å². The molecule has 1 atom stereocenters. The lowest BCUT2D eigenvalue weighted by Gasteiger charge is -2.26. The number of benzene rings is 1. The van der Waals surface area contributed by atoms with Crippen LogP contribution in [0.3, 0.4) is 0 Å². The zero-order chi connectivity index (χ0) is 21.1. The highest BCUT2D eigenvalue weighted by atomic mass is 127. The van der Waals surface area contributed by atoms with E-state index in [9.17, 15) is 8.42 Å². The maximum absolute atomic E-state index is 12.4. The molecule has 2 N–H and O–H groups in total. The van der Waals surface area contributed by atoms with Gasteiger partial charge in [0.1, 0.15) is 0 Å². The zero-order valence-electron chi connectivity index (χ0n) is 18.2. The van der Waals surface area contributed by atoms with Gasteiger partial charge in [-0.3, -0.25) is 9.89 Å². The lowest BCUT2D eigenvalue weighted by molar-refractivity contribution is 0.238. The van der Waals surface area contributed by atoms with Gasteiger partial charge in [0.05, 0.1) is 5.75 Å². The molecule has 1 fully saturated rings. The molecule has 1 aliphatic rings. The Labute approximate surface area is 203 Å². The number of thioether (sulfide) groups is 1. The Morgan fingerprint density at radius 1 is 1.20 bits per heavy atom. The molecule has 0 saturated carbocycles. The molecule has 1 saturated heterocycles. The molecule has 1 unspecified atom stereocenters. The molecular weight excluding hydrogens is 533 g/mol. The van der Waals surface area contributed by atoms with E-state index in [2.05, 4.69) is 58.8 Å². The predicted molar refractivity (Wildman–Crippen MR) is 139 cm³/mol. The van der Waals surface area contributed by atoms with Gasteiger partial charge in [0.25, 0.3) is 0 Å². The molecule has 1 aromatic carbocycles. The molecule has 0 spiro atoms. The Morgan fingerprint density at radius 3 is 2.47 bits per heavy atom. The van der Waals surface area contributed by atoms with E-state index < -0.39 is 10.0 Å². The van der Waals surface area contributed by atoms with E-state index in [0.29, 0.717) is 31.6 Å². The van der Waals surface area contributed by atoms with Crippen LogP contribution in [-0.2, 0) is 16.6 Å². The quantitative estimate of drug-likeness (QED) is 0.255. The van der Waals surface area contributed by atoms with Gasteiger partial charge in [-0.1, -0.05) is 30.3 Å². The van der Waals surface area contributed by atoms with Crippen LogP contribution in [0.15, 0.2) is 35.3 Å². The number of nitrogens with zero attached hydrogens (tertiary/aromatic N) is 3. The van der Waals surface area contributed by atoms with E-state index >= 15 is 0 Å². The number of rotatable bonds is 10. The van der Waals surface area contributed by atoms with Crippen molar-refractivity contribution >= 4 is 51.7 Å². The fourth-order valence-electron chi connectivity index (χ4n) is 3.12. The van der Waals surface area contributed by atoms with Crippen molar-refractivity contribution in [3.05, 3.63) is 35.9 Å². The van der Waals surface area contributed by atoms with Gasteiger partial charge in [0, 0.05) is 57.3 Å². The van der Waals surface area contributed by atoms with Crippen LogP contribution in [0.1, 0.15) is 18.9 Å². The highest BCUT2D eigenvalue weighted by Gasteiger charge is 2.23. The molecule has 0 amide bonds. The largest absolute Gasteiger partial charge is 0.356 e. The third kappa shape index (κ3) is 9.71. The predicted octanol–water partition coefficient (Wildman–Crippen LogP) is 2.06. The van der Waals surface area contributed by atoms with Crippen molar-refractivity contribution in [2.75, 3.05) is 57.5 Å². The summed E-state index contributed by atoms with van der Waals surface area (Å²) in [5, 5.41) is 6.41. The topological polar surface area (TPSA) is 77.0 Å². The molecule has 10 heteroatoms. The summed E-state index contributed by atoms with van der Waals surface area (Å²) in [6, 6.07) is 10.9. The van der Waals surface area contributed by atoms with Crippen LogP contribution >= 0.6 is 35.7 Å². The van der Waals surface area contributed by atoms with E-state index in [1.807, 2.05) is 6.07 Å². The molecule has 2 rings (SSSR count). The average Bonchev–Trinajstić information content (AvgIpc) is 2.73. The van der Waals surface area contributed by atoms with Crippen molar-refractivity contribution in [2.45, 2.75) is 25.9 Å². The lowest BCUT2D eigenvalue weighted by Crippen LogP contribution is -2.44. The molecule has 1 aliphatic heterocycles. The average molecular weight is 570 g/mol. The van der Waals surface area contributed by atoms with Crippen molar-refractivity contribution in [3.63, 3.8) is 0 Å². The Morgan fingerprint density at radius 2 is 1.83 bits per heavy atom. The smallest absolute Gasteiger partial charge is 0.215 e. The summed E-state index contributed by atoms with van der Waals surface area (Å²) < 4.78 is 26.4. The number of hydrogen-bond acceptors (Lipinski definition) is 5. The first-order valence-electron chi connectivity index (χ1n) is 10.2. The van der Waals surface area contributed by atoms with Crippen LogP contribution in [0.2, 0.25) is 0 Å². The van der Waals surface area contributed by atoms with E-state index in [0.717, 1.165) is 31.0 Å². The van der Waals surface area contributed by atoms with Crippen LogP contribution in [0.5, 0.6) is 0 Å². The molecule has 1 aromatic rings. The summed E-state index contributed by atoms with van der Waals surface area (Å²) >= 11 is 1.81. The van der Waals surface area contributed by atoms with Crippen LogP contribution in [0, 0.1) is 0 Å². The van der Waals surface area contributed by atoms with E-state index in [-0.39, 0.29) is 29.7 Å². The van der Waals surface area contributed by atoms with E-state index in [1.165, 1.54) is 5.56 Å². The van der Waals surface area contributed by atoms with Crippen molar-refractivity contribution in [3.8, 4) is 0 Å². The SMILES string of the molecule is CN=C(NCCC(C)N(C)Cc1ccccc1)NCCS(=O)(=O)N1CCSCC1.I. The Hall–Kier alpha value is -0.560. The number of guanidine groups is 1. The van der Waals surface area contributed by atoms with E-state index in [1.54, 1.807) is 23.1 Å². The molecule has 0 aliphatic carbocycles. The maximum Gasteiger partial charge on any atom is 0.215 e. The van der Waals surface area contributed by atoms with Crippen LogP contribution < -0.4 is 10.6 Å². The summed E-state index contributed by atoms with van der Waals surface area (Å²) in [7, 11) is 0.645. The van der Waals surface area contributed by atoms with Gasteiger partial charge in [0.2, 0.25) is 10.0 Å². The molecule has 0 aromatic heterocycles. The van der Waals surface area contributed by atoms with Gasteiger partial charge >= 0.3 is 0 Å². The van der Waals surface area contributed by atoms with Gasteiger partial charge in [0.15, 0.2) is 5.96 Å². The second-order valence-electron chi connectivity index (χ2n) is 7.29. The maximum atomic E-state index is 12.4. The molecule has 172 valence electrons. The number of nitrogens with one attached hydrogen (secondary N) is 2. The molecule has 30 heavy (non-hydrogen) atoms. The summed E-state index contributed by atoms with van der Waals surface area (Å²) in [4.78, 5) is 6.53. The number of halogens is 1. The molecule has 0 bridgehead atoms. The fourth-order valence-corrected chi connectivity index (χ4v) is 5.61. The monoisotopic (exact) mass is 569 g/mol. The third-order valence-corrected chi connectivity index (χ3v) is 7.94. The molecular formula is C20H36IN5O2S2. The number of sulfonamides is 1. The highest BCUT2D eigenvalue weighted by Crippen LogP contribution is 2.13. The Balaban J connectivity index is 0.00000450. The molecule has 7 nitrogen and oxygen atoms in total. The van der Waals surface area contributed by atoms with Crippen molar-refractivity contribution in [2.24, 2.45) is 4.99 Å². The van der Waals surface area contributed by atoms with Crippen LogP contribution in [0.25, 0.3) is 0 Å². The minimum absolute atomic E-state index is 0. The number of aliphatic imine (C=N–C) groups is 1. The minimum atomic E-state index is -3.19. The van der Waals surface area contributed by atoms with Gasteiger partial charge in [-0.05, 0) is 26.0 Å². The number of hydrogen-bond donors (Lipinski definition) is 2. The highest BCUT2D eigenvalue weighted by molar-refractivity contribution is 14.0. The van der Waals surface area contributed by atoms with Crippen LogP contribution in [-0.4, -0.2) is 87.2 Å². The third-order valence-electron chi connectivity index (χ3n) is 5.12. The fraction of sp³-hybridized carbons (Fsp3) is 0.650. The Kier molecular flexibility index (Phi) is 13.3. The zero-order valence-corrected chi connectivity index (χ0v) is 22.2. The second-order valence-corrected chi connectivity index (χ2v) is 10.6. The lowest BCUT2D eigenvalue weighted by atomic mass is 10.1. The first-order valence-corrected chi connectivity index (χ1v) is 12.9. The normalized spacial score (nSPS) is 16.7. The first-order chi connectivity index (χ1) is 13.9. The second kappa shape index (κ2) is 14.5. The van der Waals surface area contributed by atoms with Crippen molar-refractivity contribution < 1.29 is 8.42 Å². The van der Waals surface area contributed by atoms with Gasteiger partial charge in [-0.15, -0.1) is 24.0 Å². The Bertz CT molecular complexity index is 728. The summed E-state index contributed by atoms with van der Waals surface area (Å²) in [6.45, 7) is 5.50. The van der Waals surface area contributed by atoms with E-state index in [4.69, 9.17) is 0 Å². The first kappa shape index (κ1) is 27.5. The minimum Gasteiger partial charge on any atom is -0.356 e. The van der Waals surface area contributed by atoms with Crippen molar-refractivity contribution in [1.82, 2.24) is 19.8 Å².